The molecule has 0 radical (unpaired) electrons. The van der Waals surface area contributed by atoms with E-state index in [1.807, 2.05) is 66.0 Å². The summed E-state index contributed by atoms with van der Waals surface area (Å²) in [5, 5.41) is 7.61. The molecule has 6 heteroatoms. The third-order valence-electron chi connectivity index (χ3n) is 7.99. The number of carbonyl (C=O) groups excluding carboxylic acids is 3. The molecular weight excluding hydrogens is 520 g/mol. The van der Waals surface area contributed by atoms with Crippen LogP contribution in [0.4, 0.5) is 0 Å². The number of ketones is 1. The number of Topliss-reactive ketones (excluding diaryl/α,β-unsaturated/α-hetero) is 1. The van der Waals surface area contributed by atoms with E-state index in [-0.39, 0.29) is 5.57 Å². The number of fused-ring (bicyclic) bond motifs is 1. The summed E-state index contributed by atoms with van der Waals surface area (Å²) in [5.41, 5.74) is -0.338. The lowest BCUT2D eigenvalue weighted by Crippen LogP contribution is -2.51. The highest BCUT2D eigenvalue weighted by Gasteiger charge is 2.59. The van der Waals surface area contributed by atoms with E-state index >= 15 is 0 Å². The molecule has 0 fully saturated rings. The molecule has 5 nitrogen and oxygen atoms in total. The van der Waals surface area contributed by atoms with Crippen LogP contribution < -0.4 is 0 Å². The van der Waals surface area contributed by atoms with Gasteiger partial charge in [-0.25, -0.2) is 4.79 Å². The van der Waals surface area contributed by atoms with Crippen LogP contribution in [0, 0.1) is 0 Å². The maximum atomic E-state index is 14.8. The SMILES string of the molecule is COC(=O)C1=C(c2cccs2)c2ccccc2C(=O)[C@@]1(C(=O)OC)c1ccc2ccc3cccc4ccc1c2c34. The third kappa shape index (κ3) is 3.05. The maximum Gasteiger partial charge on any atom is 0.336 e. The first-order chi connectivity index (χ1) is 19.5. The van der Waals surface area contributed by atoms with Crippen molar-refractivity contribution in [2.24, 2.45) is 0 Å². The predicted molar refractivity (Wildman–Crippen MR) is 157 cm³/mol. The first-order valence-corrected chi connectivity index (χ1v) is 13.7. The number of hydrogen-bond acceptors (Lipinski definition) is 6. The Morgan fingerprint density at radius 3 is 2.05 bits per heavy atom. The number of rotatable bonds is 4. The minimum Gasteiger partial charge on any atom is -0.468 e. The van der Waals surface area contributed by atoms with Crippen LogP contribution >= 0.6 is 11.3 Å². The van der Waals surface area contributed by atoms with Crippen LogP contribution in [0.5, 0.6) is 0 Å². The summed E-state index contributed by atoms with van der Waals surface area (Å²) in [5.74, 6) is -2.12. The molecule has 40 heavy (non-hydrogen) atoms. The van der Waals surface area contributed by atoms with Gasteiger partial charge in [-0.2, -0.15) is 0 Å². The molecule has 0 spiro atoms. The number of thiophene rings is 1. The molecule has 0 saturated carbocycles. The van der Waals surface area contributed by atoms with Gasteiger partial charge in [0.05, 0.1) is 19.8 Å². The predicted octanol–water partition coefficient (Wildman–Crippen LogP) is 6.93. The van der Waals surface area contributed by atoms with Crippen molar-refractivity contribution in [1.82, 2.24) is 0 Å². The van der Waals surface area contributed by atoms with Gasteiger partial charge in [-0.3, -0.25) is 9.59 Å². The van der Waals surface area contributed by atoms with E-state index in [0.717, 1.165) is 31.8 Å². The van der Waals surface area contributed by atoms with Crippen molar-refractivity contribution in [3.8, 4) is 0 Å². The third-order valence-corrected chi connectivity index (χ3v) is 8.88. The minimum absolute atomic E-state index is 0.0389. The monoisotopic (exact) mass is 542 g/mol. The number of ether oxygens (including phenoxy) is 2. The van der Waals surface area contributed by atoms with E-state index in [9.17, 15) is 14.4 Å². The summed E-state index contributed by atoms with van der Waals surface area (Å²) in [6.07, 6.45) is 0. The first kappa shape index (κ1) is 24.2. The van der Waals surface area contributed by atoms with Crippen LogP contribution in [0.2, 0.25) is 0 Å². The first-order valence-electron chi connectivity index (χ1n) is 12.8. The van der Waals surface area contributed by atoms with Crippen LogP contribution in [-0.4, -0.2) is 31.9 Å². The molecule has 1 aromatic heterocycles. The second-order valence-electron chi connectivity index (χ2n) is 9.80. The fourth-order valence-electron chi connectivity index (χ4n) is 6.35. The second-order valence-corrected chi connectivity index (χ2v) is 10.8. The Balaban J connectivity index is 1.72. The molecule has 1 atom stereocenters. The highest BCUT2D eigenvalue weighted by Crippen LogP contribution is 2.51. The Morgan fingerprint density at radius 2 is 1.38 bits per heavy atom. The van der Waals surface area contributed by atoms with Gasteiger partial charge in [0.2, 0.25) is 0 Å². The smallest absolute Gasteiger partial charge is 0.336 e. The lowest BCUT2D eigenvalue weighted by molar-refractivity contribution is -0.147. The maximum absolute atomic E-state index is 14.8. The number of benzene rings is 5. The number of methoxy groups -OCH3 is 2. The zero-order valence-corrected chi connectivity index (χ0v) is 22.5. The van der Waals surface area contributed by atoms with Gasteiger partial charge in [-0.1, -0.05) is 84.9 Å². The van der Waals surface area contributed by atoms with Crippen molar-refractivity contribution in [2.75, 3.05) is 14.2 Å². The molecule has 0 bridgehead atoms. The van der Waals surface area contributed by atoms with Crippen molar-refractivity contribution in [2.45, 2.75) is 5.41 Å². The Kier molecular flexibility index (Phi) is 5.37. The lowest BCUT2D eigenvalue weighted by Gasteiger charge is -2.38. The molecule has 0 unspecified atom stereocenters. The number of carbonyl (C=O) groups is 3. The highest BCUT2D eigenvalue weighted by molar-refractivity contribution is 7.11. The van der Waals surface area contributed by atoms with E-state index in [1.165, 1.54) is 25.6 Å². The molecule has 1 aliphatic rings. The molecule has 0 saturated heterocycles. The van der Waals surface area contributed by atoms with E-state index in [1.54, 1.807) is 24.3 Å². The summed E-state index contributed by atoms with van der Waals surface area (Å²) in [6, 6.07) is 28.6. The fourth-order valence-corrected chi connectivity index (χ4v) is 7.14. The van der Waals surface area contributed by atoms with Gasteiger partial charge in [0.1, 0.15) is 0 Å². The second kappa shape index (κ2) is 8.86. The molecule has 7 rings (SSSR count). The number of esters is 2. The van der Waals surface area contributed by atoms with E-state index < -0.39 is 23.1 Å². The van der Waals surface area contributed by atoms with Crippen LogP contribution in [0.1, 0.15) is 26.4 Å². The molecular formula is C34H22O5S. The summed E-state index contributed by atoms with van der Waals surface area (Å²) in [6.45, 7) is 0. The van der Waals surface area contributed by atoms with Gasteiger partial charge in [0, 0.05) is 16.0 Å². The zero-order chi connectivity index (χ0) is 27.6. The van der Waals surface area contributed by atoms with Crippen molar-refractivity contribution in [3.05, 3.63) is 124 Å². The standard InChI is InChI=1S/C34H22O5S/c1-38-32(36)30-29(26-11-6-18-40-26)22-9-3-4-10-23(22)31(35)34(30,33(37)39-2)25-17-15-21-13-12-19-7-5-8-20-14-16-24(25)28(21)27(19)20/h3-18H,1-2H3/t34-/m1/s1. The molecule has 6 aromatic rings. The topological polar surface area (TPSA) is 69.7 Å². The van der Waals surface area contributed by atoms with Gasteiger partial charge in [-0.15, -0.1) is 11.3 Å². The van der Waals surface area contributed by atoms with Gasteiger partial charge < -0.3 is 9.47 Å². The Hall–Kier alpha value is -4.81. The normalized spacial score (nSPS) is 17.0. The molecule has 0 N–H and O–H groups in total. The largest absolute Gasteiger partial charge is 0.468 e. The van der Waals surface area contributed by atoms with Gasteiger partial charge in [0.15, 0.2) is 11.2 Å². The average Bonchev–Trinajstić information content (AvgIpc) is 3.54. The van der Waals surface area contributed by atoms with E-state index in [0.29, 0.717) is 27.6 Å². The van der Waals surface area contributed by atoms with Crippen LogP contribution in [0.15, 0.2) is 102 Å². The fraction of sp³-hybridized carbons (Fsp3) is 0.0882. The number of hydrogen-bond donors (Lipinski definition) is 0. The average molecular weight is 543 g/mol. The van der Waals surface area contributed by atoms with Crippen LogP contribution in [0.3, 0.4) is 0 Å². The van der Waals surface area contributed by atoms with Crippen LogP contribution in [-0.2, 0) is 24.5 Å². The molecule has 1 heterocycles. The highest BCUT2D eigenvalue weighted by atomic mass is 32.1. The molecule has 1 aliphatic carbocycles. The molecule has 194 valence electrons. The van der Waals surface area contributed by atoms with E-state index in [2.05, 4.69) is 6.07 Å². The Morgan fingerprint density at radius 1 is 0.700 bits per heavy atom. The van der Waals surface area contributed by atoms with Gasteiger partial charge in [0.25, 0.3) is 0 Å². The van der Waals surface area contributed by atoms with Crippen LogP contribution in [0.25, 0.3) is 37.9 Å². The zero-order valence-electron chi connectivity index (χ0n) is 21.7. The minimum atomic E-state index is -2.10. The summed E-state index contributed by atoms with van der Waals surface area (Å²) >= 11 is 1.42. The molecule has 0 aliphatic heterocycles. The van der Waals surface area contributed by atoms with Crippen molar-refractivity contribution in [1.29, 1.82) is 0 Å². The quantitative estimate of drug-likeness (QED) is 0.137. The summed E-state index contributed by atoms with van der Waals surface area (Å²) in [7, 11) is 2.51. The van der Waals surface area contributed by atoms with Gasteiger partial charge >= 0.3 is 11.9 Å². The molecule has 5 aromatic carbocycles. The Bertz CT molecular complexity index is 2020. The van der Waals surface area contributed by atoms with Gasteiger partial charge in [-0.05, 0) is 54.9 Å². The van der Waals surface area contributed by atoms with Crippen molar-refractivity contribution < 1.29 is 23.9 Å². The van der Waals surface area contributed by atoms with E-state index in [4.69, 9.17) is 9.47 Å². The molecule has 0 amide bonds. The Labute approximate surface area is 233 Å². The summed E-state index contributed by atoms with van der Waals surface area (Å²) < 4.78 is 10.7. The van der Waals surface area contributed by atoms with Crippen molar-refractivity contribution in [3.63, 3.8) is 0 Å². The van der Waals surface area contributed by atoms with Crippen molar-refractivity contribution >= 4 is 66.9 Å². The summed E-state index contributed by atoms with van der Waals surface area (Å²) in [4.78, 5) is 43.7. The lowest BCUT2D eigenvalue weighted by atomic mass is 9.61.